The molecule has 2 aromatic heterocycles. The molecule has 4 aliphatic heterocycles. The van der Waals surface area contributed by atoms with Gasteiger partial charge in [0.15, 0.2) is 11.5 Å². The van der Waals surface area contributed by atoms with Crippen molar-refractivity contribution in [1.82, 2.24) is 30.2 Å². The Balaban J connectivity index is 1.01. The number of carbonyl (C=O) groups is 3. The van der Waals surface area contributed by atoms with E-state index < -0.39 is 18.0 Å². The minimum Gasteiger partial charge on any atom is -0.454 e. The minimum atomic E-state index is -0.608. The second kappa shape index (κ2) is 11.3. The van der Waals surface area contributed by atoms with Crippen molar-refractivity contribution >= 4 is 34.6 Å². The van der Waals surface area contributed by atoms with Gasteiger partial charge >= 0.3 is 0 Å². The summed E-state index contributed by atoms with van der Waals surface area (Å²) in [5, 5.41) is 9.81. The first-order valence-corrected chi connectivity index (χ1v) is 15.5. The number of nitrogens with zero attached hydrogens (tertiary/aromatic N) is 5. The molecule has 0 spiro atoms. The Hall–Kier alpha value is -5.17. The van der Waals surface area contributed by atoms with E-state index in [2.05, 4.69) is 25.9 Å². The molecular formula is C33H33N7O6. The molecule has 6 heterocycles. The van der Waals surface area contributed by atoms with E-state index in [1.165, 1.54) is 0 Å². The first-order chi connectivity index (χ1) is 22.5. The van der Waals surface area contributed by atoms with Gasteiger partial charge < -0.3 is 29.2 Å². The fourth-order valence-corrected chi connectivity index (χ4v) is 7.36. The SMILES string of the molecule is O=C(Cc1cnc(N2CCC(CN3CC(=O)N4[C@H](c5ccc6c(c5)OCO6)c5[nH]c6ccccc6c5C[C@@H]4C3=O)CC2)nc1)NO. The first kappa shape index (κ1) is 28.3. The van der Waals surface area contributed by atoms with E-state index in [-0.39, 0.29) is 37.5 Å². The lowest BCUT2D eigenvalue weighted by Crippen LogP contribution is -2.63. The van der Waals surface area contributed by atoms with Crippen molar-refractivity contribution in [3.05, 3.63) is 77.2 Å². The normalized spacial score (nSPS) is 21.0. The summed E-state index contributed by atoms with van der Waals surface area (Å²) in [5.74, 6) is 1.51. The Bertz CT molecular complexity index is 1830. The van der Waals surface area contributed by atoms with Crippen LogP contribution in [0.1, 0.15) is 41.3 Å². The topological polar surface area (TPSA) is 153 Å². The number of ether oxygens (including phenoxy) is 2. The molecule has 46 heavy (non-hydrogen) atoms. The predicted octanol–water partition coefficient (Wildman–Crippen LogP) is 2.34. The van der Waals surface area contributed by atoms with Gasteiger partial charge in [-0.3, -0.25) is 19.6 Å². The van der Waals surface area contributed by atoms with Crippen molar-refractivity contribution in [2.75, 3.05) is 37.9 Å². The lowest BCUT2D eigenvalue weighted by Gasteiger charge is -2.48. The monoisotopic (exact) mass is 623 g/mol. The molecule has 2 atom stereocenters. The van der Waals surface area contributed by atoms with Crippen molar-refractivity contribution in [3.63, 3.8) is 0 Å². The average Bonchev–Trinajstić information content (AvgIpc) is 3.71. The first-order valence-electron chi connectivity index (χ1n) is 15.5. The van der Waals surface area contributed by atoms with Gasteiger partial charge in [-0.15, -0.1) is 0 Å². The summed E-state index contributed by atoms with van der Waals surface area (Å²) in [4.78, 5) is 57.7. The smallest absolute Gasteiger partial charge is 0.247 e. The van der Waals surface area contributed by atoms with E-state index in [9.17, 15) is 14.4 Å². The second-order valence-electron chi connectivity index (χ2n) is 12.4. The number of hydrogen-bond acceptors (Lipinski definition) is 9. The zero-order valence-electron chi connectivity index (χ0n) is 25.0. The number of carbonyl (C=O) groups excluding carboxylic acids is 3. The molecule has 3 amide bonds. The standard InChI is InChI=1S/C33H33N7O6/c41-28(37-44)11-20-14-34-33(35-15-20)38-9-7-19(8-10-38)16-39-17-29(42)40-25(32(39)43)13-23-22-3-1-2-4-24(22)36-30(23)31(40)21-5-6-26-27(12-21)46-18-45-26/h1-6,12,14-15,19,25,31,36,44H,7-11,13,16-18H2,(H,37,41)/t25-,31-/m1/s1. The number of benzene rings is 2. The Morgan fingerprint density at radius 2 is 1.83 bits per heavy atom. The predicted molar refractivity (Wildman–Crippen MR) is 164 cm³/mol. The van der Waals surface area contributed by atoms with Gasteiger partial charge in [0.1, 0.15) is 6.04 Å². The number of anilines is 1. The quantitative estimate of drug-likeness (QED) is 0.217. The zero-order valence-corrected chi connectivity index (χ0v) is 25.0. The third-order valence-electron chi connectivity index (χ3n) is 9.61. The maximum Gasteiger partial charge on any atom is 0.247 e. The van der Waals surface area contributed by atoms with E-state index >= 15 is 0 Å². The summed E-state index contributed by atoms with van der Waals surface area (Å²) in [6, 6.07) is 12.8. The number of hydroxylamine groups is 1. The van der Waals surface area contributed by atoms with Crippen LogP contribution in [0.15, 0.2) is 54.9 Å². The van der Waals surface area contributed by atoms with Crippen LogP contribution in [-0.4, -0.2) is 86.7 Å². The Kier molecular flexibility index (Phi) is 6.97. The number of amides is 3. The van der Waals surface area contributed by atoms with Gasteiger partial charge in [0.2, 0.25) is 30.5 Å². The molecule has 236 valence electrons. The van der Waals surface area contributed by atoms with Crippen LogP contribution in [0.25, 0.3) is 10.9 Å². The summed E-state index contributed by atoms with van der Waals surface area (Å²) in [5.41, 5.74) is 6.08. The number of piperazine rings is 1. The summed E-state index contributed by atoms with van der Waals surface area (Å²) in [7, 11) is 0. The van der Waals surface area contributed by atoms with E-state index in [1.807, 2.05) is 36.4 Å². The average molecular weight is 624 g/mol. The Morgan fingerprint density at radius 3 is 2.63 bits per heavy atom. The third kappa shape index (κ3) is 4.87. The highest BCUT2D eigenvalue weighted by molar-refractivity contribution is 5.97. The highest BCUT2D eigenvalue weighted by atomic mass is 16.7. The number of aromatic nitrogens is 3. The molecule has 4 aliphatic rings. The molecule has 3 N–H and O–H groups in total. The number of hydrogen-bond donors (Lipinski definition) is 3. The highest BCUT2D eigenvalue weighted by Crippen LogP contribution is 2.45. The fraction of sp³-hybridized carbons (Fsp3) is 0.364. The van der Waals surface area contributed by atoms with Gasteiger partial charge in [-0.2, -0.15) is 0 Å². The van der Waals surface area contributed by atoms with Gasteiger partial charge in [0, 0.05) is 55.0 Å². The lowest BCUT2D eigenvalue weighted by molar-refractivity contribution is -0.159. The number of rotatable bonds is 6. The van der Waals surface area contributed by atoms with Crippen LogP contribution in [0.4, 0.5) is 5.95 Å². The second-order valence-corrected chi connectivity index (χ2v) is 12.4. The Morgan fingerprint density at radius 1 is 1.04 bits per heavy atom. The molecule has 0 bridgehead atoms. The van der Waals surface area contributed by atoms with E-state index in [1.54, 1.807) is 27.7 Å². The molecule has 0 saturated carbocycles. The molecular weight excluding hydrogens is 590 g/mol. The molecule has 8 rings (SSSR count). The van der Waals surface area contributed by atoms with Crippen LogP contribution < -0.4 is 19.9 Å². The van der Waals surface area contributed by atoms with E-state index in [4.69, 9.17) is 14.7 Å². The van der Waals surface area contributed by atoms with Crippen molar-refractivity contribution in [2.45, 2.75) is 37.8 Å². The van der Waals surface area contributed by atoms with Crippen molar-refractivity contribution in [2.24, 2.45) is 5.92 Å². The molecule has 2 fully saturated rings. The lowest BCUT2D eigenvalue weighted by atomic mass is 9.85. The van der Waals surface area contributed by atoms with Gasteiger partial charge in [0.25, 0.3) is 0 Å². The van der Waals surface area contributed by atoms with Gasteiger partial charge in [-0.25, -0.2) is 15.4 Å². The van der Waals surface area contributed by atoms with Crippen molar-refractivity contribution < 1.29 is 29.1 Å². The molecule has 0 unspecified atom stereocenters. The van der Waals surface area contributed by atoms with Crippen LogP contribution in [0.5, 0.6) is 11.5 Å². The maximum absolute atomic E-state index is 14.2. The number of piperidine rings is 1. The molecule has 0 aliphatic carbocycles. The maximum atomic E-state index is 14.2. The van der Waals surface area contributed by atoms with Gasteiger partial charge in [-0.05, 0) is 53.6 Å². The molecule has 13 heteroatoms. The number of nitrogens with one attached hydrogen (secondary N) is 2. The summed E-state index contributed by atoms with van der Waals surface area (Å²) in [6.07, 6.45) is 5.29. The highest BCUT2D eigenvalue weighted by Gasteiger charge is 2.48. The number of fused-ring (bicyclic) bond motifs is 5. The summed E-state index contributed by atoms with van der Waals surface area (Å²) in [6.45, 7) is 2.16. The van der Waals surface area contributed by atoms with Crippen LogP contribution in [0, 0.1) is 5.92 Å². The molecule has 4 aromatic rings. The minimum absolute atomic E-state index is 0.00107. The van der Waals surface area contributed by atoms with E-state index in [0.29, 0.717) is 36.0 Å². The summed E-state index contributed by atoms with van der Waals surface area (Å²) < 4.78 is 11.2. The number of H-pyrrole nitrogens is 1. The molecule has 2 aromatic carbocycles. The van der Waals surface area contributed by atoms with Crippen molar-refractivity contribution in [3.8, 4) is 11.5 Å². The van der Waals surface area contributed by atoms with E-state index in [0.717, 1.165) is 53.7 Å². The van der Waals surface area contributed by atoms with Crippen LogP contribution in [-0.2, 0) is 27.2 Å². The Labute approximate surface area is 264 Å². The van der Waals surface area contributed by atoms with Crippen LogP contribution in [0.2, 0.25) is 0 Å². The number of aromatic amines is 1. The summed E-state index contributed by atoms with van der Waals surface area (Å²) >= 11 is 0. The molecule has 13 nitrogen and oxygen atoms in total. The molecule has 2 saturated heterocycles. The van der Waals surface area contributed by atoms with Crippen LogP contribution >= 0.6 is 0 Å². The van der Waals surface area contributed by atoms with Crippen molar-refractivity contribution in [1.29, 1.82) is 0 Å². The third-order valence-corrected chi connectivity index (χ3v) is 9.61. The fourth-order valence-electron chi connectivity index (χ4n) is 7.36. The molecule has 0 radical (unpaired) electrons. The van der Waals surface area contributed by atoms with Crippen LogP contribution in [0.3, 0.4) is 0 Å². The van der Waals surface area contributed by atoms with Gasteiger partial charge in [0.05, 0.1) is 19.0 Å². The zero-order chi connectivity index (χ0) is 31.4. The number of para-hydroxylation sites is 1. The van der Waals surface area contributed by atoms with Gasteiger partial charge in [-0.1, -0.05) is 24.3 Å². The largest absolute Gasteiger partial charge is 0.454 e.